The van der Waals surface area contributed by atoms with Gasteiger partial charge in [0.15, 0.2) is 0 Å². The van der Waals surface area contributed by atoms with Gasteiger partial charge in [-0.2, -0.15) is 0 Å². The van der Waals surface area contributed by atoms with Crippen molar-refractivity contribution in [2.24, 2.45) is 0 Å². The molecule has 0 aromatic heterocycles. The lowest BCUT2D eigenvalue weighted by Crippen LogP contribution is -2.19. The summed E-state index contributed by atoms with van der Waals surface area (Å²) < 4.78 is 12.9. The molecule has 0 heterocycles. The van der Waals surface area contributed by atoms with E-state index in [4.69, 9.17) is 11.6 Å². The second kappa shape index (κ2) is 4.96. The second-order valence-electron chi connectivity index (χ2n) is 3.11. The first-order chi connectivity index (χ1) is 6.63. The predicted octanol–water partition coefficient (Wildman–Crippen LogP) is 2.38. The summed E-state index contributed by atoms with van der Waals surface area (Å²) in [6, 6.07) is 0. The van der Waals surface area contributed by atoms with Gasteiger partial charge in [0.2, 0.25) is 6.41 Å². The third-order valence-corrected chi connectivity index (χ3v) is 2.24. The normalized spacial score (nSPS) is 16.4. The lowest BCUT2D eigenvalue weighted by atomic mass is 10.1. The number of nitrogens with zero attached hydrogens (tertiary/aromatic N) is 1. The van der Waals surface area contributed by atoms with Gasteiger partial charge in [0, 0.05) is 18.6 Å². The molecule has 1 rings (SSSR count). The summed E-state index contributed by atoms with van der Waals surface area (Å²) in [6.45, 7) is 0.427. The number of carbonyl (C=O) groups is 1. The zero-order valence-electron chi connectivity index (χ0n) is 7.84. The van der Waals surface area contributed by atoms with Crippen molar-refractivity contribution < 1.29 is 9.18 Å². The highest BCUT2D eigenvalue weighted by Crippen LogP contribution is 2.22. The Labute approximate surface area is 87.3 Å². The summed E-state index contributed by atoms with van der Waals surface area (Å²) in [6.07, 6.45) is 5.61. The van der Waals surface area contributed by atoms with E-state index >= 15 is 0 Å². The van der Waals surface area contributed by atoms with Gasteiger partial charge in [0.05, 0.1) is 0 Å². The van der Waals surface area contributed by atoms with Gasteiger partial charge >= 0.3 is 0 Å². The summed E-state index contributed by atoms with van der Waals surface area (Å²) in [5.41, 5.74) is 0.838. The molecule has 4 heteroatoms. The zero-order chi connectivity index (χ0) is 10.6. The van der Waals surface area contributed by atoms with Crippen LogP contribution in [0.2, 0.25) is 0 Å². The molecule has 0 fully saturated rings. The number of likely N-dealkylation sites (N-methyl/N-ethyl adjacent to an activating group) is 1. The van der Waals surface area contributed by atoms with E-state index in [1.807, 2.05) is 0 Å². The molecule has 0 aromatic carbocycles. The second-order valence-corrected chi connectivity index (χ2v) is 3.51. The summed E-state index contributed by atoms with van der Waals surface area (Å²) in [5, 5.41) is 0.376. The molecule has 0 N–H and O–H groups in total. The van der Waals surface area contributed by atoms with Crippen LogP contribution >= 0.6 is 11.6 Å². The maximum atomic E-state index is 12.9. The van der Waals surface area contributed by atoms with Crippen molar-refractivity contribution in [2.75, 3.05) is 13.6 Å². The molecule has 0 aromatic rings. The summed E-state index contributed by atoms with van der Waals surface area (Å²) in [7, 11) is 1.65. The van der Waals surface area contributed by atoms with Crippen LogP contribution in [0.15, 0.2) is 34.7 Å². The minimum Gasteiger partial charge on any atom is -0.344 e. The van der Waals surface area contributed by atoms with Crippen LogP contribution in [0.25, 0.3) is 0 Å². The summed E-state index contributed by atoms with van der Waals surface area (Å²) in [5.74, 6) is -0.362. The predicted molar refractivity (Wildman–Crippen MR) is 54.5 cm³/mol. The lowest BCUT2D eigenvalue weighted by molar-refractivity contribution is -0.116. The first-order valence-corrected chi connectivity index (χ1v) is 4.58. The van der Waals surface area contributed by atoms with Crippen molar-refractivity contribution >= 4 is 18.0 Å². The molecule has 0 radical (unpaired) electrons. The van der Waals surface area contributed by atoms with Crippen LogP contribution in [0.1, 0.15) is 6.42 Å². The molecule has 0 aliphatic heterocycles. The minimum atomic E-state index is -0.362. The molecular formula is C10H11ClFNO. The molecular weight excluding hydrogens is 205 g/mol. The van der Waals surface area contributed by atoms with Gasteiger partial charge in [-0.15, -0.1) is 0 Å². The maximum Gasteiger partial charge on any atom is 0.209 e. The van der Waals surface area contributed by atoms with Crippen LogP contribution < -0.4 is 0 Å². The van der Waals surface area contributed by atoms with Crippen molar-refractivity contribution in [3.63, 3.8) is 0 Å². The molecule has 0 spiro atoms. The Bertz CT molecular complexity index is 320. The maximum absolute atomic E-state index is 12.9. The van der Waals surface area contributed by atoms with Gasteiger partial charge in [-0.1, -0.05) is 17.7 Å². The molecule has 14 heavy (non-hydrogen) atoms. The summed E-state index contributed by atoms with van der Waals surface area (Å²) >= 11 is 5.86. The lowest BCUT2D eigenvalue weighted by Gasteiger charge is -2.13. The SMILES string of the molecule is CN(C=O)CC1=C(Cl)C=C(F)C=CC1. The Morgan fingerprint density at radius 2 is 2.43 bits per heavy atom. The van der Waals surface area contributed by atoms with Crippen molar-refractivity contribution in [2.45, 2.75) is 6.42 Å². The Morgan fingerprint density at radius 3 is 3.07 bits per heavy atom. The van der Waals surface area contributed by atoms with Gasteiger partial charge in [0.1, 0.15) is 5.83 Å². The number of allylic oxidation sites excluding steroid dienone is 5. The fourth-order valence-electron chi connectivity index (χ4n) is 1.16. The number of hydrogen-bond donors (Lipinski definition) is 0. The number of amides is 1. The third-order valence-electron chi connectivity index (χ3n) is 1.86. The van der Waals surface area contributed by atoms with Crippen molar-refractivity contribution in [3.05, 3.63) is 34.7 Å². The monoisotopic (exact) mass is 215 g/mol. The van der Waals surface area contributed by atoms with E-state index in [2.05, 4.69) is 0 Å². The standard InChI is InChI=1S/C10H11ClFNO/c1-13(7-14)6-8-3-2-4-9(12)5-10(8)11/h2,4-5,7H,3,6H2,1H3. The van der Waals surface area contributed by atoms with Crippen molar-refractivity contribution in [3.8, 4) is 0 Å². The molecule has 0 saturated carbocycles. The molecule has 1 amide bonds. The molecule has 76 valence electrons. The fourth-order valence-corrected chi connectivity index (χ4v) is 1.40. The van der Waals surface area contributed by atoms with Gasteiger partial charge in [-0.25, -0.2) is 4.39 Å². The van der Waals surface area contributed by atoms with Crippen molar-refractivity contribution in [1.29, 1.82) is 0 Å². The quantitative estimate of drug-likeness (QED) is 0.662. The molecule has 1 aliphatic rings. The first kappa shape index (κ1) is 11.0. The van der Waals surface area contributed by atoms with Gasteiger partial charge in [-0.05, 0) is 24.1 Å². The van der Waals surface area contributed by atoms with Crippen LogP contribution in [-0.4, -0.2) is 24.9 Å². The van der Waals surface area contributed by atoms with Crippen LogP contribution in [-0.2, 0) is 4.79 Å². The fraction of sp³-hybridized carbons (Fsp3) is 0.300. The van der Waals surface area contributed by atoms with E-state index in [0.29, 0.717) is 24.4 Å². The van der Waals surface area contributed by atoms with Crippen molar-refractivity contribution in [1.82, 2.24) is 4.90 Å². The molecule has 0 unspecified atom stereocenters. The van der Waals surface area contributed by atoms with Gasteiger partial charge < -0.3 is 4.90 Å². The van der Waals surface area contributed by atoms with E-state index < -0.39 is 0 Å². The zero-order valence-corrected chi connectivity index (χ0v) is 8.59. The Morgan fingerprint density at radius 1 is 1.71 bits per heavy atom. The van der Waals surface area contributed by atoms with Gasteiger partial charge in [0.25, 0.3) is 0 Å². The van der Waals surface area contributed by atoms with E-state index in [9.17, 15) is 9.18 Å². The molecule has 0 saturated heterocycles. The van der Waals surface area contributed by atoms with E-state index in [-0.39, 0.29) is 5.83 Å². The van der Waals surface area contributed by atoms with E-state index in [1.54, 1.807) is 13.1 Å². The number of halogens is 2. The number of hydrogen-bond acceptors (Lipinski definition) is 1. The molecule has 0 bridgehead atoms. The van der Waals surface area contributed by atoms with Gasteiger partial charge in [-0.3, -0.25) is 4.79 Å². The molecule has 2 nitrogen and oxygen atoms in total. The largest absolute Gasteiger partial charge is 0.344 e. The highest BCUT2D eigenvalue weighted by atomic mass is 35.5. The Kier molecular flexibility index (Phi) is 3.89. The topological polar surface area (TPSA) is 20.3 Å². The average molecular weight is 216 g/mol. The Hall–Kier alpha value is -1.09. The van der Waals surface area contributed by atoms with Crippen LogP contribution in [0.4, 0.5) is 4.39 Å². The highest BCUT2D eigenvalue weighted by Gasteiger charge is 2.07. The third kappa shape index (κ3) is 3.00. The number of carbonyl (C=O) groups excluding carboxylic acids is 1. The van der Waals surface area contributed by atoms with Crippen LogP contribution in [0.5, 0.6) is 0 Å². The smallest absolute Gasteiger partial charge is 0.209 e. The highest BCUT2D eigenvalue weighted by molar-refractivity contribution is 6.31. The van der Waals surface area contributed by atoms with E-state index in [0.717, 1.165) is 5.57 Å². The Balaban J connectivity index is 2.81. The molecule has 0 atom stereocenters. The van der Waals surface area contributed by atoms with Crippen LogP contribution in [0.3, 0.4) is 0 Å². The first-order valence-electron chi connectivity index (χ1n) is 4.20. The van der Waals surface area contributed by atoms with Crippen LogP contribution in [0, 0.1) is 0 Å². The molecule has 1 aliphatic carbocycles. The average Bonchev–Trinajstić information content (AvgIpc) is 2.29. The van der Waals surface area contributed by atoms with E-state index in [1.165, 1.54) is 17.1 Å². The number of rotatable bonds is 3. The summed E-state index contributed by atoms with van der Waals surface area (Å²) in [4.78, 5) is 11.8. The minimum absolute atomic E-state index is 0.362.